The van der Waals surface area contributed by atoms with Gasteiger partial charge in [0.15, 0.2) is 11.5 Å². The lowest BCUT2D eigenvalue weighted by atomic mass is 9.89. The minimum absolute atomic E-state index is 0.0913. The maximum Gasteiger partial charge on any atom is 0.182 e. The molecule has 26 heavy (non-hydrogen) atoms. The van der Waals surface area contributed by atoms with Gasteiger partial charge in [-0.2, -0.15) is 0 Å². The molecule has 1 aliphatic rings. The maximum absolute atomic E-state index is 11.4. The van der Waals surface area contributed by atoms with Crippen molar-refractivity contribution in [1.82, 2.24) is 19.6 Å². The zero-order chi connectivity index (χ0) is 17.8. The molecule has 0 saturated carbocycles. The third kappa shape index (κ3) is 2.24. The summed E-state index contributed by atoms with van der Waals surface area (Å²) in [6.07, 6.45) is 4.96. The fraction of sp³-hybridized carbons (Fsp3) is 0.263. The second kappa shape index (κ2) is 5.60. The number of benzene rings is 1. The van der Waals surface area contributed by atoms with E-state index in [0.29, 0.717) is 17.3 Å². The predicted octanol–water partition coefficient (Wildman–Crippen LogP) is 2.49. The van der Waals surface area contributed by atoms with E-state index in [0.717, 1.165) is 28.7 Å². The average Bonchev–Trinajstić information content (AvgIpc) is 3.22. The monoisotopic (exact) mass is 363 g/mol. The SMILES string of the molecule is C[C@@H]1CCc2sc3ncn4nc(-c5ccccc5C(=O)[O-])nc4c3c2C1. The van der Waals surface area contributed by atoms with Crippen LogP contribution in [-0.4, -0.2) is 25.6 Å². The molecule has 1 aliphatic carbocycles. The molecule has 0 fully saturated rings. The van der Waals surface area contributed by atoms with Crippen molar-refractivity contribution in [2.45, 2.75) is 26.2 Å². The third-order valence-corrected chi connectivity index (χ3v) is 6.22. The number of carbonyl (C=O) groups excluding carboxylic acids is 1. The summed E-state index contributed by atoms with van der Waals surface area (Å²) in [6, 6.07) is 6.66. The molecule has 0 radical (unpaired) electrons. The molecule has 0 aliphatic heterocycles. The minimum Gasteiger partial charge on any atom is -0.545 e. The Morgan fingerprint density at radius 3 is 3.04 bits per heavy atom. The molecule has 5 rings (SSSR count). The number of nitrogens with zero attached hydrogens (tertiary/aromatic N) is 4. The van der Waals surface area contributed by atoms with Crippen molar-refractivity contribution in [3.05, 3.63) is 46.6 Å². The summed E-state index contributed by atoms with van der Waals surface area (Å²) >= 11 is 1.73. The lowest BCUT2D eigenvalue weighted by molar-refractivity contribution is -0.254. The van der Waals surface area contributed by atoms with Gasteiger partial charge in [0.05, 0.1) is 11.4 Å². The Bertz CT molecular complexity index is 1180. The quantitative estimate of drug-likeness (QED) is 0.546. The Labute approximate surface area is 153 Å². The van der Waals surface area contributed by atoms with Crippen LogP contribution in [0.2, 0.25) is 0 Å². The lowest BCUT2D eigenvalue weighted by Gasteiger charge is -2.17. The average molecular weight is 363 g/mol. The predicted molar refractivity (Wildman–Crippen MR) is 97.1 cm³/mol. The first-order chi connectivity index (χ1) is 12.6. The maximum atomic E-state index is 11.4. The molecule has 7 heteroatoms. The van der Waals surface area contributed by atoms with Crippen LogP contribution in [0.25, 0.3) is 27.3 Å². The molecule has 4 aromatic rings. The number of aromatic carboxylic acids is 1. The van der Waals surface area contributed by atoms with E-state index in [9.17, 15) is 9.90 Å². The normalized spacial score (nSPS) is 16.9. The number of carbonyl (C=O) groups is 1. The number of hydrogen-bond donors (Lipinski definition) is 0. The van der Waals surface area contributed by atoms with Gasteiger partial charge < -0.3 is 9.90 Å². The van der Waals surface area contributed by atoms with Crippen LogP contribution < -0.4 is 5.11 Å². The van der Waals surface area contributed by atoms with Gasteiger partial charge in [-0.3, -0.25) is 0 Å². The highest BCUT2D eigenvalue weighted by atomic mass is 32.1. The second-order valence-corrected chi connectivity index (χ2v) is 7.90. The fourth-order valence-electron chi connectivity index (χ4n) is 3.72. The Hall–Kier alpha value is -2.80. The summed E-state index contributed by atoms with van der Waals surface area (Å²) in [7, 11) is 0. The zero-order valence-electron chi connectivity index (χ0n) is 14.1. The summed E-state index contributed by atoms with van der Waals surface area (Å²) in [5.41, 5.74) is 2.62. The van der Waals surface area contributed by atoms with E-state index >= 15 is 0 Å². The molecule has 0 saturated heterocycles. The molecule has 1 atom stereocenters. The number of aryl methyl sites for hydroxylation is 1. The Morgan fingerprint density at radius 1 is 1.35 bits per heavy atom. The molecule has 0 bridgehead atoms. The molecular formula is C19H15N4O2S-. The van der Waals surface area contributed by atoms with Crippen molar-refractivity contribution in [3.8, 4) is 11.4 Å². The van der Waals surface area contributed by atoms with Gasteiger partial charge in [-0.1, -0.05) is 31.2 Å². The topological polar surface area (TPSA) is 83.2 Å². The number of rotatable bonds is 2. The van der Waals surface area contributed by atoms with E-state index < -0.39 is 5.97 Å². The summed E-state index contributed by atoms with van der Waals surface area (Å²) in [6.45, 7) is 2.27. The van der Waals surface area contributed by atoms with Crippen molar-refractivity contribution >= 4 is 33.2 Å². The Morgan fingerprint density at radius 2 is 2.19 bits per heavy atom. The molecule has 130 valence electrons. The van der Waals surface area contributed by atoms with Crippen LogP contribution in [0.3, 0.4) is 0 Å². The van der Waals surface area contributed by atoms with Gasteiger partial charge in [0.25, 0.3) is 0 Å². The van der Waals surface area contributed by atoms with Crippen LogP contribution in [-0.2, 0) is 12.8 Å². The first-order valence-electron chi connectivity index (χ1n) is 8.58. The zero-order valence-corrected chi connectivity index (χ0v) is 14.9. The fourth-order valence-corrected chi connectivity index (χ4v) is 4.90. The molecule has 3 aromatic heterocycles. The van der Waals surface area contributed by atoms with Gasteiger partial charge in [0.2, 0.25) is 0 Å². The van der Waals surface area contributed by atoms with Crippen molar-refractivity contribution < 1.29 is 9.90 Å². The number of aromatic nitrogens is 4. The number of thiophene rings is 1. The molecule has 6 nitrogen and oxygen atoms in total. The highest BCUT2D eigenvalue weighted by Gasteiger charge is 2.24. The summed E-state index contributed by atoms with van der Waals surface area (Å²) < 4.78 is 1.65. The van der Waals surface area contributed by atoms with Crippen molar-refractivity contribution in [2.75, 3.05) is 0 Å². The van der Waals surface area contributed by atoms with Crippen LogP contribution in [0.4, 0.5) is 0 Å². The van der Waals surface area contributed by atoms with Crippen LogP contribution in [0.1, 0.15) is 34.1 Å². The molecule has 0 spiro atoms. The molecule has 0 unspecified atom stereocenters. The van der Waals surface area contributed by atoms with E-state index in [1.54, 1.807) is 40.4 Å². The van der Waals surface area contributed by atoms with E-state index in [1.807, 2.05) is 0 Å². The van der Waals surface area contributed by atoms with E-state index in [2.05, 4.69) is 22.0 Å². The van der Waals surface area contributed by atoms with E-state index in [4.69, 9.17) is 0 Å². The van der Waals surface area contributed by atoms with Gasteiger partial charge in [0, 0.05) is 16.0 Å². The van der Waals surface area contributed by atoms with Gasteiger partial charge >= 0.3 is 0 Å². The molecule has 3 heterocycles. The first-order valence-corrected chi connectivity index (χ1v) is 9.40. The highest BCUT2D eigenvalue weighted by molar-refractivity contribution is 7.19. The van der Waals surface area contributed by atoms with Crippen LogP contribution >= 0.6 is 11.3 Å². The number of carboxylic acid groups (broad SMARTS) is 1. The number of fused-ring (bicyclic) bond motifs is 5. The Balaban J connectivity index is 1.77. The largest absolute Gasteiger partial charge is 0.545 e. The lowest BCUT2D eigenvalue weighted by Crippen LogP contribution is -2.23. The minimum atomic E-state index is -1.23. The molecule has 1 aromatic carbocycles. The molecular weight excluding hydrogens is 348 g/mol. The standard InChI is InChI=1S/C19H16N4O2S/c1-10-6-7-14-13(8-10)15-17-21-16(22-23(17)9-20-18(15)26-14)11-4-2-3-5-12(11)19(24)25/h2-5,9-10H,6-8H2,1H3,(H,24,25)/p-1/t10-/m1/s1. The van der Waals surface area contributed by atoms with Crippen molar-refractivity contribution in [2.24, 2.45) is 5.92 Å². The summed E-state index contributed by atoms with van der Waals surface area (Å²) in [4.78, 5) is 23.0. The smallest absolute Gasteiger partial charge is 0.182 e. The highest BCUT2D eigenvalue weighted by Crippen LogP contribution is 2.39. The van der Waals surface area contributed by atoms with Crippen LogP contribution in [0.15, 0.2) is 30.6 Å². The van der Waals surface area contributed by atoms with Crippen LogP contribution in [0.5, 0.6) is 0 Å². The van der Waals surface area contributed by atoms with Crippen molar-refractivity contribution in [1.29, 1.82) is 0 Å². The van der Waals surface area contributed by atoms with Crippen molar-refractivity contribution in [3.63, 3.8) is 0 Å². The number of hydrogen-bond acceptors (Lipinski definition) is 6. The van der Waals surface area contributed by atoms with Gasteiger partial charge in [-0.25, -0.2) is 14.5 Å². The van der Waals surface area contributed by atoms with E-state index in [1.165, 1.54) is 22.9 Å². The molecule has 0 N–H and O–H groups in total. The molecule has 0 amide bonds. The van der Waals surface area contributed by atoms with Crippen LogP contribution in [0, 0.1) is 5.92 Å². The number of carboxylic acids is 1. The summed E-state index contributed by atoms with van der Waals surface area (Å²) in [5.74, 6) is -0.214. The first kappa shape index (κ1) is 15.5. The van der Waals surface area contributed by atoms with E-state index in [-0.39, 0.29) is 5.56 Å². The van der Waals surface area contributed by atoms with Gasteiger partial charge in [-0.15, -0.1) is 16.4 Å². The third-order valence-electron chi connectivity index (χ3n) is 5.02. The second-order valence-electron chi connectivity index (χ2n) is 6.81. The summed E-state index contributed by atoms with van der Waals surface area (Å²) in [5, 5.41) is 17.0. The Kier molecular flexibility index (Phi) is 3.33. The van der Waals surface area contributed by atoms with Gasteiger partial charge in [-0.05, 0) is 30.7 Å². The van der Waals surface area contributed by atoms with Gasteiger partial charge in [0.1, 0.15) is 11.2 Å².